The summed E-state index contributed by atoms with van der Waals surface area (Å²) < 4.78 is 19.8. The fourth-order valence-electron chi connectivity index (χ4n) is 4.57. The third-order valence-corrected chi connectivity index (χ3v) is 6.55. The highest BCUT2D eigenvalue weighted by Gasteiger charge is 2.15. The van der Waals surface area contributed by atoms with Gasteiger partial charge in [-0.15, -0.1) is 6.42 Å². The maximum Gasteiger partial charge on any atom is 0.311 e. The van der Waals surface area contributed by atoms with Crippen molar-refractivity contribution in [3.8, 4) is 18.1 Å². The highest BCUT2D eigenvalue weighted by Crippen LogP contribution is 2.34. The van der Waals surface area contributed by atoms with Gasteiger partial charge in [0.2, 0.25) is 0 Å². The van der Waals surface area contributed by atoms with Crippen LogP contribution in [0.25, 0.3) is 10.8 Å². The SMILES string of the molecule is C#Cc1c(F)ccc2cc(OC(=O)CCCCCCCCCCCCCCC)cc(C(C)C)c12. The Morgan fingerprint density at radius 1 is 0.912 bits per heavy atom. The van der Waals surface area contributed by atoms with Crippen LogP contribution in [-0.4, -0.2) is 5.97 Å². The molecule has 0 saturated carbocycles. The molecule has 2 rings (SSSR count). The molecule has 2 aromatic carbocycles. The van der Waals surface area contributed by atoms with Crippen LogP contribution in [0.1, 0.15) is 128 Å². The van der Waals surface area contributed by atoms with Crippen molar-refractivity contribution in [2.45, 2.75) is 117 Å². The molecule has 0 aliphatic rings. The molecule has 2 nitrogen and oxygen atoms in total. The van der Waals surface area contributed by atoms with Gasteiger partial charge in [-0.2, -0.15) is 0 Å². The summed E-state index contributed by atoms with van der Waals surface area (Å²) in [6.07, 6.45) is 22.6. The number of hydrogen-bond acceptors (Lipinski definition) is 2. The standard InChI is InChI=1S/C31H43FO2/c1-5-7-8-9-10-11-12-13-14-15-16-17-18-19-30(33)34-26-22-25-20-21-29(32)27(6-2)31(25)28(23-26)24(3)4/h2,20-24H,5,7-19H2,1,3-4H3. The molecule has 3 heteroatoms. The van der Waals surface area contributed by atoms with Crippen molar-refractivity contribution in [3.63, 3.8) is 0 Å². The van der Waals surface area contributed by atoms with Gasteiger partial charge < -0.3 is 4.74 Å². The number of fused-ring (bicyclic) bond motifs is 1. The number of halogens is 1. The van der Waals surface area contributed by atoms with E-state index in [0.717, 1.165) is 29.2 Å². The first-order valence-corrected chi connectivity index (χ1v) is 13.4. The summed E-state index contributed by atoms with van der Waals surface area (Å²) in [7, 11) is 0. The van der Waals surface area contributed by atoms with Gasteiger partial charge >= 0.3 is 5.97 Å². The first kappa shape index (κ1) is 27.9. The van der Waals surface area contributed by atoms with Crippen LogP contribution in [0.3, 0.4) is 0 Å². The fourth-order valence-corrected chi connectivity index (χ4v) is 4.57. The lowest BCUT2D eigenvalue weighted by atomic mass is 9.92. The fraction of sp³-hybridized carbons (Fsp3) is 0.581. The summed E-state index contributed by atoms with van der Waals surface area (Å²) in [6, 6.07) is 6.68. The zero-order chi connectivity index (χ0) is 24.8. The lowest BCUT2D eigenvalue weighted by Crippen LogP contribution is -2.08. The molecular formula is C31H43FO2. The van der Waals surface area contributed by atoms with E-state index >= 15 is 0 Å². The molecule has 0 aromatic heterocycles. The molecule has 0 aliphatic heterocycles. The van der Waals surface area contributed by atoms with Gasteiger partial charge in [0.1, 0.15) is 11.6 Å². The lowest BCUT2D eigenvalue weighted by molar-refractivity contribution is -0.134. The van der Waals surface area contributed by atoms with Gasteiger partial charge in [0.25, 0.3) is 0 Å². The smallest absolute Gasteiger partial charge is 0.311 e. The molecule has 0 bridgehead atoms. The number of hydrogen-bond donors (Lipinski definition) is 0. The highest BCUT2D eigenvalue weighted by molar-refractivity contribution is 5.93. The molecule has 0 aliphatic carbocycles. The van der Waals surface area contributed by atoms with Crippen LogP contribution in [-0.2, 0) is 4.79 Å². The topological polar surface area (TPSA) is 26.3 Å². The molecule has 0 saturated heterocycles. The van der Waals surface area contributed by atoms with Crippen LogP contribution in [0.4, 0.5) is 4.39 Å². The molecule has 0 radical (unpaired) electrons. The monoisotopic (exact) mass is 466 g/mol. The predicted octanol–water partition coefficient (Wildman–Crippen LogP) is 9.47. The molecule has 0 N–H and O–H groups in total. The summed E-state index contributed by atoms with van der Waals surface area (Å²) in [6.45, 7) is 6.31. The number of benzene rings is 2. The molecule has 0 spiro atoms. The Kier molecular flexibility index (Phi) is 12.8. The first-order valence-electron chi connectivity index (χ1n) is 13.4. The van der Waals surface area contributed by atoms with Crippen molar-refractivity contribution >= 4 is 16.7 Å². The number of terminal acetylenes is 1. The average Bonchev–Trinajstić information content (AvgIpc) is 2.81. The van der Waals surface area contributed by atoms with E-state index < -0.39 is 5.82 Å². The molecule has 186 valence electrons. The molecule has 0 atom stereocenters. The largest absolute Gasteiger partial charge is 0.426 e. The molecule has 0 unspecified atom stereocenters. The maximum absolute atomic E-state index is 14.2. The van der Waals surface area contributed by atoms with Crippen LogP contribution >= 0.6 is 0 Å². The Hall–Kier alpha value is -2.34. The van der Waals surface area contributed by atoms with Gasteiger partial charge in [0.15, 0.2) is 0 Å². The number of ether oxygens (including phenoxy) is 1. The van der Waals surface area contributed by atoms with E-state index in [4.69, 9.17) is 11.2 Å². The minimum atomic E-state index is -0.399. The zero-order valence-corrected chi connectivity index (χ0v) is 21.6. The normalized spacial score (nSPS) is 11.2. The number of rotatable bonds is 16. The molecule has 2 aromatic rings. The minimum absolute atomic E-state index is 0.121. The predicted molar refractivity (Wildman–Crippen MR) is 142 cm³/mol. The van der Waals surface area contributed by atoms with E-state index in [1.165, 1.54) is 76.7 Å². The number of carbonyl (C=O) groups is 1. The quantitative estimate of drug-likeness (QED) is 0.107. The molecule has 0 amide bonds. The second kappa shape index (κ2) is 15.5. The number of unbranched alkanes of at least 4 members (excludes halogenated alkanes) is 12. The summed E-state index contributed by atoms with van der Waals surface area (Å²) in [5, 5.41) is 1.53. The Morgan fingerprint density at radius 2 is 1.47 bits per heavy atom. The van der Waals surface area contributed by atoms with Gasteiger partial charge in [0, 0.05) is 11.8 Å². The maximum atomic E-state index is 14.2. The van der Waals surface area contributed by atoms with Crippen molar-refractivity contribution in [1.82, 2.24) is 0 Å². The van der Waals surface area contributed by atoms with E-state index in [9.17, 15) is 9.18 Å². The van der Waals surface area contributed by atoms with Crippen LogP contribution < -0.4 is 4.74 Å². The van der Waals surface area contributed by atoms with Crippen molar-refractivity contribution in [2.75, 3.05) is 0 Å². The second-order valence-electron chi connectivity index (χ2n) is 9.80. The van der Waals surface area contributed by atoms with Gasteiger partial charge in [-0.1, -0.05) is 110 Å². The van der Waals surface area contributed by atoms with Crippen LogP contribution in [0.5, 0.6) is 5.75 Å². The Bertz CT molecular complexity index is 939. The zero-order valence-electron chi connectivity index (χ0n) is 21.6. The Morgan fingerprint density at radius 3 is 2.00 bits per heavy atom. The van der Waals surface area contributed by atoms with Crippen molar-refractivity contribution < 1.29 is 13.9 Å². The van der Waals surface area contributed by atoms with Crippen LogP contribution in [0.15, 0.2) is 24.3 Å². The second-order valence-corrected chi connectivity index (χ2v) is 9.80. The summed E-state index contributed by atoms with van der Waals surface area (Å²) >= 11 is 0. The molecular weight excluding hydrogens is 423 g/mol. The van der Waals surface area contributed by atoms with E-state index in [-0.39, 0.29) is 17.5 Å². The third-order valence-electron chi connectivity index (χ3n) is 6.55. The van der Waals surface area contributed by atoms with E-state index in [2.05, 4.69) is 12.8 Å². The van der Waals surface area contributed by atoms with E-state index in [1.54, 1.807) is 12.1 Å². The summed E-state index contributed by atoms with van der Waals surface area (Å²) in [5.74, 6) is 2.49. The molecule has 0 heterocycles. The van der Waals surface area contributed by atoms with Gasteiger partial charge in [0.05, 0.1) is 5.56 Å². The van der Waals surface area contributed by atoms with Gasteiger partial charge in [-0.05, 0) is 41.5 Å². The minimum Gasteiger partial charge on any atom is -0.426 e. The average molecular weight is 467 g/mol. The summed E-state index contributed by atoms with van der Waals surface area (Å²) in [4.78, 5) is 12.4. The van der Waals surface area contributed by atoms with E-state index in [1.807, 2.05) is 19.9 Å². The van der Waals surface area contributed by atoms with Gasteiger partial charge in [-0.25, -0.2) is 4.39 Å². The molecule has 34 heavy (non-hydrogen) atoms. The Labute approximate surface area is 206 Å². The van der Waals surface area contributed by atoms with E-state index in [0.29, 0.717) is 12.2 Å². The number of carbonyl (C=O) groups excluding carboxylic acids is 1. The van der Waals surface area contributed by atoms with Crippen molar-refractivity contribution in [3.05, 3.63) is 41.2 Å². The lowest BCUT2D eigenvalue weighted by Gasteiger charge is -2.15. The third kappa shape index (κ3) is 9.13. The van der Waals surface area contributed by atoms with Gasteiger partial charge in [-0.3, -0.25) is 4.79 Å². The molecule has 0 fully saturated rings. The van der Waals surface area contributed by atoms with Crippen molar-refractivity contribution in [2.24, 2.45) is 0 Å². The Balaban J connectivity index is 1.71. The summed E-state index contributed by atoms with van der Waals surface area (Å²) in [5.41, 5.74) is 1.17. The van der Waals surface area contributed by atoms with Crippen LogP contribution in [0.2, 0.25) is 0 Å². The highest BCUT2D eigenvalue weighted by atomic mass is 19.1. The number of esters is 1. The van der Waals surface area contributed by atoms with Crippen molar-refractivity contribution in [1.29, 1.82) is 0 Å². The van der Waals surface area contributed by atoms with Crippen LogP contribution in [0, 0.1) is 18.2 Å². The first-order chi connectivity index (χ1) is 16.5.